The normalized spacial score (nSPS) is 11.6. The van der Waals surface area contributed by atoms with Gasteiger partial charge in [0, 0.05) is 4.47 Å². The van der Waals surface area contributed by atoms with Crippen LogP contribution in [0.1, 0.15) is 41.5 Å². The van der Waals surface area contributed by atoms with Gasteiger partial charge < -0.3 is 9.47 Å². The number of para-hydroxylation sites is 1. The van der Waals surface area contributed by atoms with Crippen LogP contribution in [0.3, 0.4) is 0 Å². The minimum absolute atomic E-state index is 0.396. The molecule has 6 nitrogen and oxygen atoms in total. The van der Waals surface area contributed by atoms with E-state index in [1.165, 1.54) is 0 Å². The van der Waals surface area contributed by atoms with Gasteiger partial charge in [-0.05, 0) is 69.6 Å². The molecule has 0 unspecified atom stereocenters. The molecule has 0 saturated heterocycles. The summed E-state index contributed by atoms with van der Waals surface area (Å²) in [6, 6.07) is 5.13. The Morgan fingerprint density at radius 1 is 0.913 bits per heavy atom. The average molecular weight is 387 g/mol. The van der Waals surface area contributed by atoms with E-state index in [-0.39, 0.29) is 0 Å². The van der Waals surface area contributed by atoms with E-state index >= 15 is 0 Å². The Morgan fingerprint density at radius 2 is 1.39 bits per heavy atom. The minimum Gasteiger partial charge on any atom is -0.444 e. The SMILES string of the molecule is CC(C)(C)OC(=O)Nc1cccc(Br)c1NC(=O)OC(C)(C)C. The first-order chi connectivity index (χ1) is 10.4. The zero-order valence-corrected chi connectivity index (χ0v) is 15.8. The van der Waals surface area contributed by atoms with Crippen molar-refractivity contribution < 1.29 is 19.1 Å². The van der Waals surface area contributed by atoms with Gasteiger partial charge in [0.05, 0.1) is 11.4 Å². The van der Waals surface area contributed by atoms with Gasteiger partial charge in [0.15, 0.2) is 0 Å². The Morgan fingerprint density at radius 3 is 1.87 bits per heavy atom. The van der Waals surface area contributed by atoms with Crippen molar-refractivity contribution in [2.24, 2.45) is 0 Å². The van der Waals surface area contributed by atoms with E-state index in [2.05, 4.69) is 26.6 Å². The Balaban J connectivity index is 2.92. The molecule has 0 aliphatic carbocycles. The topological polar surface area (TPSA) is 76.7 Å². The first-order valence-corrected chi connectivity index (χ1v) is 7.95. The number of hydrogen-bond acceptors (Lipinski definition) is 4. The van der Waals surface area contributed by atoms with E-state index in [4.69, 9.17) is 9.47 Å². The lowest BCUT2D eigenvalue weighted by Gasteiger charge is -2.22. The van der Waals surface area contributed by atoms with Crippen molar-refractivity contribution in [3.63, 3.8) is 0 Å². The maximum Gasteiger partial charge on any atom is 0.412 e. The number of ether oxygens (including phenoxy) is 2. The number of rotatable bonds is 2. The first kappa shape index (κ1) is 19.3. The van der Waals surface area contributed by atoms with Crippen LogP contribution in [0.4, 0.5) is 21.0 Å². The standard InChI is InChI=1S/C16H23BrN2O4/c1-15(2,3)22-13(20)18-11-9-7-8-10(17)12(11)19-14(21)23-16(4,5)6/h7-9H,1-6H3,(H,18,20)(H,19,21). The van der Waals surface area contributed by atoms with Gasteiger partial charge >= 0.3 is 12.2 Å². The Bertz CT molecular complexity index is 589. The van der Waals surface area contributed by atoms with Crippen molar-refractivity contribution in [2.45, 2.75) is 52.7 Å². The van der Waals surface area contributed by atoms with E-state index in [1.54, 1.807) is 59.7 Å². The van der Waals surface area contributed by atoms with Crippen molar-refractivity contribution in [2.75, 3.05) is 10.6 Å². The number of hydrogen-bond donors (Lipinski definition) is 2. The molecule has 0 heterocycles. The van der Waals surface area contributed by atoms with Gasteiger partial charge in [-0.25, -0.2) is 9.59 Å². The average Bonchev–Trinajstić information content (AvgIpc) is 2.28. The molecule has 1 aromatic rings. The fraction of sp³-hybridized carbons (Fsp3) is 0.500. The summed E-state index contributed by atoms with van der Waals surface area (Å²) in [7, 11) is 0. The summed E-state index contributed by atoms with van der Waals surface area (Å²) in [5.41, 5.74) is -0.439. The molecule has 2 amide bonds. The molecule has 0 spiro atoms. The Kier molecular flexibility index (Phi) is 6.04. The molecule has 0 aliphatic rings. The van der Waals surface area contributed by atoms with Crippen LogP contribution in [0, 0.1) is 0 Å². The zero-order chi connectivity index (χ0) is 17.8. The van der Waals surface area contributed by atoms with E-state index in [0.717, 1.165) is 0 Å². The van der Waals surface area contributed by atoms with Crippen LogP contribution in [0.5, 0.6) is 0 Å². The van der Waals surface area contributed by atoms with Crippen molar-refractivity contribution in [3.8, 4) is 0 Å². The lowest BCUT2D eigenvalue weighted by molar-refractivity contribution is 0.0620. The lowest BCUT2D eigenvalue weighted by Crippen LogP contribution is -2.29. The summed E-state index contributed by atoms with van der Waals surface area (Å²) in [5.74, 6) is 0. The Hall–Kier alpha value is -1.76. The van der Waals surface area contributed by atoms with E-state index < -0.39 is 23.4 Å². The first-order valence-electron chi connectivity index (χ1n) is 7.16. The van der Waals surface area contributed by atoms with E-state index in [1.807, 2.05) is 0 Å². The summed E-state index contributed by atoms with van der Waals surface area (Å²) in [6.07, 6.45) is -1.22. The predicted octanol–water partition coefficient (Wildman–Crippen LogP) is 5.14. The van der Waals surface area contributed by atoms with E-state index in [0.29, 0.717) is 15.8 Å². The molecule has 0 radical (unpaired) electrons. The molecule has 23 heavy (non-hydrogen) atoms. The maximum atomic E-state index is 11.9. The zero-order valence-electron chi connectivity index (χ0n) is 14.2. The van der Waals surface area contributed by atoms with Gasteiger partial charge in [-0.2, -0.15) is 0 Å². The number of amides is 2. The number of benzene rings is 1. The molecule has 1 aromatic carbocycles. The summed E-state index contributed by atoms with van der Waals surface area (Å²) >= 11 is 3.34. The molecular formula is C16H23BrN2O4. The molecule has 128 valence electrons. The predicted molar refractivity (Wildman–Crippen MR) is 93.9 cm³/mol. The van der Waals surface area contributed by atoms with Gasteiger partial charge in [0.1, 0.15) is 11.2 Å². The smallest absolute Gasteiger partial charge is 0.412 e. The van der Waals surface area contributed by atoms with Crippen LogP contribution in [0.25, 0.3) is 0 Å². The minimum atomic E-state index is -0.621. The fourth-order valence-electron chi connectivity index (χ4n) is 1.57. The van der Waals surface area contributed by atoms with Crippen LogP contribution in [0.15, 0.2) is 22.7 Å². The molecule has 0 saturated carbocycles. The second-order valence-corrected chi connectivity index (χ2v) is 7.77. The van der Waals surface area contributed by atoms with Gasteiger partial charge in [0.25, 0.3) is 0 Å². The Labute approximate surface area is 145 Å². The summed E-state index contributed by atoms with van der Waals surface area (Å²) in [5, 5.41) is 5.24. The highest BCUT2D eigenvalue weighted by Gasteiger charge is 2.21. The molecule has 0 aromatic heterocycles. The van der Waals surface area contributed by atoms with Gasteiger partial charge in [-0.3, -0.25) is 10.6 Å². The third-order valence-corrected chi connectivity index (χ3v) is 2.94. The number of nitrogens with one attached hydrogen (secondary N) is 2. The molecular weight excluding hydrogens is 364 g/mol. The highest BCUT2D eigenvalue weighted by atomic mass is 79.9. The number of halogens is 1. The second kappa shape index (κ2) is 7.21. The maximum absolute atomic E-state index is 11.9. The van der Waals surface area contributed by atoms with Crippen LogP contribution < -0.4 is 10.6 Å². The second-order valence-electron chi connectivity index (χ2n) is 6.92. The van der Waals surface area contributed by atoms with Crippen molar-refractivity contribution in [1.82, 2.24) is 0 Å². The van der Waals surface area contributed by atoms with Crippen molar-refractivity contribution in [1.29, 1.82) is 0 Å². The largest absolute Gasteiger partial charge is 0.444 e. The van der Waals surface area contributed by atoms with Crippen molar-refractivity contribution >= 4 is 39.5 Å². The summed E-state index contributed by atoms with van der Waals surface area (Å²) < 4.78 is 11.0. The number of carbonyl (C=O) groups excluding carboxylic acids is 2. The highest BCUT2D eigenvalue weighted by Crippen LogP contribution is 2.31. The van der Waals surface area contributed by atoms with Crippen molar-refractivity contribution in [3.05, 3.63) is 22.7 Å². The van der Waals surface area contributed by atoms with Gasteiger partial charge in [0.2, 0.25) is 0 Å². The van der Waals surface area contributed by atoms with Crippen LogP contribution in [0.2, 0.25) is 0 Å². The highest BCUT2D eigenvalue weighted by molar-refractivity contribution is 9.10. The summed E-state index contributed by atoms with van der Waals surface area (Å²) in [6.45, 7) is 10.6. The lowest BCUT2D eigenvalue weighted by atomic mass is 10.2. The van der Waals surface area contributed by atoms with Gasteiger partial charge in [-0.15, -0.1) is 0 Å². The molecule has 7 heteroatoms. The monoisotopic (exact) mass is 386 g/mol. The van der Waals surface area contributed by atoms with Crippen LogP contribution >= 0.6 is 15.9 Å². The molecule has 0 atom stereocenters. The number of anilines is 2. The third-order valence-electron chi connectivity index (χ3n) is 2.28. The molecule has 0 bridgehead atoms. The van der Waals surface area contributed by atoms with Gasteiger partial charge in [-0.1, -0.05) is 6.07 Å². The van der Waals surface area contributed by atoms with Crippen LogP contribution in [-0.4, -0.2) is 23.4 Å². The number of carbonyl (C=O) groups is 2. The molecule has 0 fully saturated rings. The van der Waals surface area contributed by atoms with E-state index in [9.17, 15) is 9.59 Å². The molecule has 1 rings (SSSR count). The fourth-order valence-corrected chi connectivity index (χ4v) is 2.04. The third kappa shape index (κ3) is 7.36. The van der Waals surface area contributed by atoms with Crippen LogP contribution in [-0.2, 0) is 9.47 Å². The molecule has 2 N–H and O–H groups in total. The quantitative estimate of drug-likeness (QED) is 0.737. The molecule has 0 aliphatic heterocycles. The summed E-state index contributed by atoms with van der Waals surface area (Å²) in [4.78, 5) is 23.9.